The van der Waals surface area contributed by atoms with Gasteiger partial charge in [0, 0.05) is 73.8 Å². The normalized spacial score (nSPS) is 15.8. The van der Waals surface area contributed by atoms with E-state index in [9.17, 15) is 62.4 Å². The predicted molar refractivity (Wildman–Crippen MR) is 230 cm³/mol. The van der Waals surface area contributed by atoms with Gasteiger partial charge in [0.1, 0.15) is 26.8 Å². The van der Waals surface area contributed by atoms with E-state index in [-0.39, 0.29) is 311 Å². The van der Waals surface area contributed by atoms with Gasteiger partial charge in [0.2, 0.25) is 5.69 Å². The second-order valence-electron chi connectivity index (χ2n) is 16.1. The maximum atomic E-state index is 12.9. The van der Waals surface area contributed by atoms with Gasteiger partial charge in [0.15, 0.2) is 5.71 Å². The molecule has 0 radical (unpaired) electrons. The molecule has 31 heteroatoms. The van der Waals surface area contributed by atoms with Crippen molar-refractivity contribution in [1.82, 2.24) is 0 Å². The van der Waals surface area contributed by atoms with Crippen molar-refractivity contribution < 1.29 is 343 Å². The molecular weight excluding hydrogens is 1170 g/mol. The van der Waals surface area contributed by atoms with Crippen LogP contribution in [0.1, 0.15) is 64.5 Å². The maximum Gasteiger partial charge on any atom is 1.00 e. The van der Waals surface area contributed by atoms with Gasteiger partial charge in [-0.25, -0.2) is 25.3 Å². The second kappa shape index (κ2) is 30.1. The summed E-state index contributed by atoms with van der Waals surface area (Å²) in [5.41, 5.74) is 1.26. The number of anilines is 1. The zero-order valence-electron chi connectivity index (χ0n) is 39.7. The molecule has 0 saturated heterocycles. The molecule has 2 aliphatic heterocycles. The van der Waals surface area contributed by atoms with Gasteiger partial charge < -0.3 is 29.1 Å². The molecular formula is C39H40K5N2O18S6+. The molecule has 0 atom stereocenters. The van der Waals surface area contributed by atoms with Crippen LogP contribution in [0, 0.1) is 0 Å². The maximum absolute atomic E-state index is 12.9. The summed E-state index contributed by atoms with van der Waals surface area (Å²) in [5.74, 6) is -1.14. The van der Waals surface area contributed by atoms with Gasteiger partial charge in [-0.15, -0.1) is 0 Å². The van der Waals surface area contributed by atoms with Gasteiger partial charge in [-0.2, -0.15) is 21.7 Å². The van der Waals surface area contributed by atoms with Crippen LogP contribution >= 0.6 is 24.1 Å². The van der Waals surface area contributed by atoms with Crippen molar-refractivity contribution in [3.8, 4) is 0 Å². The number of unbranched alkanes of at least 4 members (excludes halogenated alkanes) is 2. The molecule has 1 N–H and O–H groups in total. The van der Waals surface area contributed by atoms with E-state index in [1.165, 1.54) is 12.1 Å². The van der Waals surface area contributed by atoms with Crippen molar-refractivity contribution in [3.63, 3.8) is 0 Å². The monoisotopic (exact) mass is 1210 g/mol. The molecule has 6 rings (SSSR count). The molecule has 0 amide bonds. The van der Waals surface area contributed by atoms with Crippen LogP contribution in [0.3, 0.4) is 0 Å². The van der Waals surface area contributed by atoms with Crippen LogP contribution in [0.2, 0.25) is 0 Å². The Morgan fingerprint density at radius 1 is 0.700 bits per heavy atom. The molecule has 70 heavy (non-hydrogen) atoms. The van der Waals surface area contributed by atoms with Crippen LogP contribution in [-0.4, -0.2) is 86.8 Å². The second-order valence-corrected chi connectivity index (χ2v) is 23.5. The third-order valence-electron chi connectivity index (χ3n) is 11.2. The average Bonchev–Trinajstić information content (AvgIpc) is 3.55. The van der Waals surface area contributed by atoms with Crippen molar-refractivity contribution in [2.45, 2.75) is 83.8 Å². The van der Waals surface area contributed by atoms with Gasteiger partial charge in [-0.05, 0) is 91.9 Å². The Morgan fingerprint density at radius 3 is 1.89 bits per heavy atom. The Kier molecular flexibility index (Phi) is 31.2. The number of fused-ring (bicyclic) bond motifs is 6. The smallest absolute Gasteiger partial charge is 0.748 e. The Morgan fingerprint density at radius 2 is 1.30 bits per heavy atom. The summed E-state index contributed by atoms with van der Waals surface area (Å²) in [4.78, 5) is 0.788. The molecule has 2 heterocycles. The summed E-state index contributed by atoms with van der Waals surface area (Å²) in [7, 11) is -19.0. The summed E-state index contributed by atoms with van der Waals surface area (Å²) in [6, 6.07) is 11.3. The Labute approximate surface area is 628 Å². The Balaban J connectivity index is 0.00000490. The molecule has 0 aromatic heterocycles. The number of hydrogen-bond acceptors (Lipinski definition) is 20. The fourth-order valence-electron chi connectivity index (χ4n) is 8.66. The van der Waals surface area contributed by atoms with Crippen LogP contribution in [0.4, 0.5) is 11.4 Å². The van der Waals surface area contributed by atoms with Crippen LogP contribution in [0.5, 0.6) is 0 Å². The molecule has 20 nitrogen and oxygen atoms in total. The van der Waals surface area contributed by atoms with Crippen LogP contribution < -0.4 is 272 Å². The molecule has 0 aliphatic carbocycles. The summed E-state index contributed by atoms with van der Waals surface area (Å²) in [6.07, 6.45) is 5.77. The van der Waals surface area contributed by atoms with Crippen LogP contribution in [0.25, 0.3) is 21.5 Å². The van der Waals surface area contributed by atoms with Crippen LogP contribution in [-0.2, 0) is 70.0 Å². The predicted octanol–water partition coefficient (Wildman–Crippen LogP) is -11.1. The number of nitrogens with zero attached hydrogens (tertiary/aromatic N) is 2. The zero-order chi connectivity index (χ0) is 47.9. The quantitative estimate of drug-likeness (QED) is 0.0163. The molecule has 2 aliphatic rings. The third kappa shape index (κ3) is 17.8. The van der Waals surface area contributed by atoms with Crippen molar-refractivity contribution in [2.24, 2.45) is 0 Å². The minimum atomic E-state index is -5.17. The first-order valence-electron chi connectivity index (χ1n) is 19.3. The fraction of sp³-hybridized carbons (Fsp3) is 0.359. The molecule has 0 saturated carbocycles. The van der Waals surface area contributed by atoms with Crippen molar-refractivity contribution >= 4 is 103 Å². The Bertz CT molecular complexity index is 3120. The molecule has 0 spiro atoms. The van der Waals surface area contributed by atoms with Gasteiger partial charge in [-0.1, -0.05) is 26.0 Å². The van der Waals surface area contributed by atoms with E-state index in [0.29, 0.717) is 74.2 Å². The van der Waals surface area contributed by atoms with Gasteiger partial charge in [0.05, 0.1) is 55.2 Å². The summed E-state index contributed by atoms with van der Waals surface area (Å²) < 4.78 is 153. The molecule has 4 aromatic carbocycles. The van der Waals surface area contributed by atoms with Crippen molar-refractivity contribution in [3.05, 3.63) is 83.6 Å². The summed E-state index contributed by atoms with van der Waals surface area (Å²) in [6.45, 7) is 7.67. The zero-order valence-corrected chi connectivity index (χ0v) is 60.3. The molecule has 354 valence electrons. The van der Waals surface area contributed by atoms with Crippen molar-refractivity contribution in [1.29, 1.82) is 0 Å². The van der Waals surface area contributed by atoms with Gasteiger partial charge in [-0.3, -0.25) is 14.6 Å². The van der Waals surface area contributed by atoms with E-state index in [1.54, 1.807) is 56.3 Å². The number of rotatable bonds is 20. The number of allylic oxidation sites excluding steroid dienone is 4. The first-order chi connectivity index (χ1) is 30.2. The van der Waals surface area contributed by atoms with E-state index in [4.69, 9.17) is 0 Å². The van der Waals surface area contributed by atoms with Crippen molar-refractivity contribution in [2.75, 3.05) is 29.5 Å². The first kappa shape index (κ1) is 72.6. The number of benzene rings is 4. The Hall–Kier alpha value is 4.63. The first-order valence-corrected chi connectivity index (χ1v) is 26.8. The molecule has 4 aromatic rings. The van der Waals surface area contributed by atoms with Crippen LogP contribution in [0.15, 0.2) is 92.0 Å². The van der Waals surface area contributed by atoms with E-state index in [1.807, 2.05) is 23.3 Å². The summed E-state index contributed by atoms with van der Waals surface area (Å²) in [5, 5.41) is 29.6. The molecule has 0 unspecified atom stereocenters. The molecule has 0 bridgehead atoms. The molecule has 0 fully saturated rings. The SMILES string of the molecule is CC1(C)C(C=C/C=C2/N(CCCCS(=O)(=O)O)c3ccc4cc(SOO[O-])cc(S(=O)(=O)[O-])c4c3C2(C)C)=[N+](CCCCS(=O)(=O)[O-])c2ccc3cc(S(=O)(=O)[O-])cc(SOO[O-])c3c21.[K+].[K+].[K+].[K+].[K+]. The van der Waals surface area contributed by atoms with E-state index >= 15 is 0 Å². The largest absolute Gasteiger partial charge is 1.00 e. The third-order valence-corrected chi connectivity index (χ3v) is 15.6. The van der Waals surface area contributed by atoms with E-state index in [2.05, 4.69) is 18.7 Å². The average molecular weight is 1210 g/mol. The summed E-state index contributed by atoms with van der Waals surface area (Å²) >= 11 is 0.788. The minimum absolute atomic E-state index is 0. The van der Waals surface area contributed by atoms with Gasteiger partial charge in [0.25, 0.3) is 10.1 Å². The van der Waals surface area contributed by atoms with E-state index in [0.717, 1.165) is 12.1 Å². The number of hydrogen-bond donors (Lipinski definition) is 1. The van der Waals surface area contributed by atoms with Gasteiger partial charge >= 0.3 is 257 Å². The van der Waals surface area contributed by atoms with E-state index < -0.39 is 72.6 Å². The fourth-order valence-corrected chi connectivity index (χ4v) is 12.2. The topological polar surface area (TPSA) is 315 Å². The minimum Gasteiger partial charge on any atom is -0.748 e. The standard InChI is InChI=1S/C39H44N2O18S6.5K/c1-38(2)32(40(16-5-7-18-62(44,45)46)28-15-13-25-21-27(64(50,51)52)23-30(61-59-57-43)34(25)36(28)38)10-9-11-33-39(3,4)37-29(41(33)17-6-8-19-63(47,48)49)14-12-24-20-26(60-58-56-42)22-31(35(24)37)65(53,54)55;;;;;/h9-15,20-23H,5-8,16-19H2,1-4H3,(H5-,42,43,44,45,46,47,48,49,50,51,52,53,54,55);;;;;/q;5*+1/p-4.